The van der Waals surface area contributed by atoms with Crippen LogP contribution in [0.3, 0.4) is 0 Å². The van der Waals surface area contributed by atoms with E-state index >= 15 is 0 Å². The van der Waals surface area contributed by atoms with Crippen molar-refractivity contribution < 1.29 is 18.7 Å². The van der Waals surface area contributed by atoms with Crippen molar-refractivity contribution in [1.82, 2.24) is 5.32 Å². The van der Waals surface area contributed by atoms with E-state index < -0.39 is 18.0 Å². The van der Waals surface area contributed by atoms with Gasteiger partial charge >= 0.3 is 5.97 Å². The van der Waals surface area contributed by atoms with Crippen LogP contribution < -0.4 is 11.1 Å². The molecule has 0 aromatic rings. The van der Waals surface area contributed by atoms with Gasteiger partial charge in [-0.2, -0.15) is 0 Å². The number of hydrogen-bond donors (Lipinski definition) is 2. The number of carbonyl (C=O) groups is 1. The average Bonchev–Trinajstić information content (AvgIpc) is 2.50. The van der Waals surface area contributed by atoms with Gasteiger partial charge in [0.2, 0.25) is 0 Å². The fourth-order valence-electron chi connectivity index (χ4n) is 2.09. The lowest BCUT2D eigenvalue weighted by Crippen LogP contribution is -2.40. The SMILES string of the molecule is COC(=O)C1=C(Cl)C(N)N=C(C2=C(F)C(OC)=C(Cl)CC2)N1. The fourth-order valence-corrected chi connectivity index (χ4v) is 2.52. The minimum absolute atomic E-state index is 0.00652. The van der Waals surface area contributed by atoms with E-state index in [0.29, 0.717) is 6.42 Å². The summed E-state index contributed by atoms with van der Waals surface area (Å²) in [6.45, 7) is 0. The molecule has 0 bridgehead atoms. The smallest absolute Gasteiger partial charge is 0.355 e. The molecule has 1 heterocycles. The fraction of sp³-hybridized carbons (Fsp3) is 0.385. The number of nitrogens with two attached hydrogens (primary N) is 1. The summed E-state index contributed by atoms with van der Waals surface area (Å²) < 4.78 is 24.0. The van der Waals surface area contributed by atoms with Crippen LogP contribution in [0.1, 0.15) is 12.8 Å². The van der Waals surface area contributed by atoms with Crippen LogP contribution in [0.5, 0.6) is 0 Å². The van der Waals surface area contributed by atoms with Gasteiger partial charge in [0.15, 0.2) is 11.6 Å². The number of allylic oxidation sites excluding steroid dienone is 2. The van der Waals surface area contributed by atoms with Gasteiger partial charge in [-0.3, -0.25) is 0 Å². The van der Waals surface area contributed by atoms with Crippen LogP contribution in [-0.2, 0) is 14.3 Å². The van der Waals surface area contributed by atoms with Gasteiger partial charge in [0, 0.05) is 5.57 Å². The average molecular weight is 350 g/mol. The Morgan fingerprint density at radius 2 is 2.09 bits per heavy atom. The van der Waals surface area contributed by atoms with Crippen LogP contribution in [0.2, 0.25) is 0 Å². The number of rotatable bonds is 3. The highest BCUT2D eigenvalue weighted by atomic mass is 35.5. The highest BCUT2D eigenvalue weighted by Crippen LogP contribution is 2.35. The maximum atomic E-state index is 14.5. The monoisotopic (exact) mass is 349 g/mol. The number of esters is 1. The second-order valence-corrected chi connectivity index (χ2v) is 5.36. The molecule has 22 heavy (non-hydrogen) atoms. The summed E-state index contributed by atoms with van der Waals surface area (Å²) in [5.74, 6) is -1.32. The zero-order valence-electron chi connectivity index (χ0n) is 11.9. The van der Waals surface area contributed by atoms with Gasteiger partial charge in [0.1, 0.15) is 17.7 Å². The van der Waals surface area contributed by atoms with E-state index in [2.05, 4.69) is 15.0 Å². The van der Waals surface area contributed by atoms with E-state index in [9.17, 15) is 9.18 Å². The Kier molecular flexibility index (Phi) is 5.10. The predicted octanol–water partition coefficient (Wildman–Crippen LogP) is 2.01. The molecule has 0 spiro atoms. The second kappa shape index (κ2) is 6.68. The molecule has 1 aliphatic heterocycles. The Bertz CT molecular complexity index is 640. The number of carbonyl (C=O) groups excluding carboxylic acids is 1. The number of hydrogen-bond acceptors (Lipinski definition) is 6. The lowest BCUT2D eigenvalue weighted by molar-refractivity contribution is -0.136. The molecular formula is C13H14Cl2FN3O3. The largest absolute Gasteiger partial charge is 0.492 e. The molecule has 0 aromatic heterocycles. The van der Waals surface area contributed by atoms with Crippen LogP contribution in [0.4, 0.5) is 4.39 Å². The first-order valence-electron chi connectivity index (χ1n) is 6.31. The van der Waals surface area contributed by atoms with Crippen LogP contribution in [-0.4, -0.2) is 32.2 Å². The Labute approximate surface area is 136 Å². The zero-order chi connectivity index (χ0) is 16.4. The predicted molar refractivity (Wildman–Crippen MR) is 80.7 cm³/mol. The lowest BCUT2D eigenvalue weighted by atomic mass is 10.0. The summed E-state index contributed by atoms with van der Waals surface area (Å²) in [7, 11) is 2.52. The molecular weight excluding hydrogens is 336 g/mol. The number of methoxy groups -OCH3 is 2. The Morgan fingerprint density at radius 3 is 2.68 bits per heavy atom. The number of ether oxygens (including phenoxy) is 2. The molecule has 2 aliphatic rings. The minimum Gasteiger partial charge on any atom is -0.492 e. The first kappa shape index (κ1) is 16.8. The van der Waals surface area contributed by atoms with Crippen LogP contribution >= 0.6 is 23.2 Å². The Morgan fingerprint density at radius 1 is 1.41 bits per heavy atom. The summed E-state index contributed by atoms with van der Waals surface area (Å²) in [5.41, 5.74) is 5.90. The van der Waals surface area contributed by atoms with Crippen molar-refractivity contribution in [2.45, 2.75) is 19.0 Å². The number of aliphatic imine (C=N–C) groups is 1. The molecule has 0 fully saturated rings. The standard InChI is InChI=1S/C13H14Cl2FN3O3/c1-21-10-6(14)4-3-5(8(10)16)12-18-9(13(20)22-2)7(15)11(17)19-12/h11H,3-4,17H2,1-2H3,(H,18,19). The van der Waals surface area contributed by atoms with E-state index in [-0.39, 0.29) is 39.4 Å². The van der Waals surface area contributed by atoms with Crippen LogP contribution in [0, 0.1) is 0 Å². The van der Waals surface area contributed by atoms with Gasteiger partial charge in [-0.05, 0) is 12.8 Å². The number of amidine groups is 1. The highest BCUT2D eigenvalue weighted by molar-refractivity contribution is 6.33. The summed E-state index contributed by atoms with van der Waals surface area (Å²) in [4.78, 5) is 15.8. The first-order chi connectivity index (χ1) is 10.4. The van der Waals surface area contributed by atoms with Gasteiger partial charge < -0.3 is 20.5 Å². The zero-order valence-corrected chi connectivity index (χ0v) is 13.4. The normalized spacial score (nSPS) is 22.5. The molecule has 2 rings (SSSR count). The molecule has 0 aromatic carbocycles. The Hall–Kier alpha value is -1.57. The van der Waals surface area contributed by atoms with E-state index in [1.165, 1.54) is 14.2 Å². The summed E-state index contributed by atoms with van der Waals surface area (Å²) in [6.07, 6.45) is -0.323. The van der Waals surface area contributed by atoms with Gasteiger partial charge in [-0.1, -0.05) is 23.2 Å². The molecule has 1 atom stereocenters. The van der Waals surface area contributed by atoms with Gasteiger partial charge in [0.05, 0.1) is 24.3 Å². The van der Waals surface area contributed by atoms with Crippen LogP contribution in [0.25, 0.3) is 0 Å². The molecule has 0 saturated carbocycles. The molecule has 0 radical (unpaired) electrons. The second-order valence-electron chi connectivity index (χ2n) is 4.49. The van der Waals surface area contributed by atoms with Gasteiger partial charge in [-0.15, -0.1) is 0 Å². The topological polar surface area (TPSA) is 85.9 Å². The van der Waals surface area contributed by atoms with Crippen molar-refractivity contribution in [1.29, 1.82) is 0 Å². The van der Waals surface area contributed by atoms with Gasteiger partial charge in [0.25, 0.3) is 0 Å². The minimum atomic E-state index is -0.986. The number of halogens is 3. The summed E-state index contributed by atoms with van der Waals surface area (Å²) in [5, 5.41) is 2.94. The van der Waals surface area contributed by atoms with E-state index in [1.807, 2.05) is 0 Å². The molecule has 0 amide bonds. The summed E-state index contributed by atoms with van der Waals surface area (Å²) >= 11 is 11.9. The molecule has 120 valence electrons. The van der Waals surface area contributed by atoms with Gasteiger partial charge in [-0.25, -0.2) is 14.2 Å². The third kappa shape index (κ3) is 2.97. The van der Waals surface area contributed by atoms with Crippen LogP contribution in [0.15, 0.2) is 37.9 Å². The van der Waals surface area contributed by atoms with Crippen molar-refractivity contribution >= 4 is 35.0 Å². The third-order valence-corrected chi connectivity index (χ3v) is 3.97. The maximum absolute atomic E-state index is 14.5. The van der Waals surface area contributed by atoms with E-state index in [0.717, 1.165) is 0 Å². The Balaban J connectivity index is 2.41. The third-order valence-electron chi connectivity index (χ3n) is 3.19. The van der Waals surface area contributed by atoms with Crippen molar-refractivity contribution in [3.8, 4) is 0 Å². The molecule has 1 unspecified atom stereocenters. The maximum Gasteiger partial charge on any atom is 0.355 e. The van der Waals surface area contributed by atoms with Crippen molar-refractivity contribution in [2.75, 3.05) is 14.2 Å². The quantitative estimate of drug-likeness (QED) is 0.761. The molecule has 0 saturated heterocycles. The highest BCUT2D eigenvalue weighted by Gasteiger charge is 2.31. The summed E-state index contributed by atoms with van der Waals surface area (Å²) in [6, 6.07) is 0. The van der Waals surface area contributed by atoms with E-state index in [1.54, 1.807) is 0 Å². The first-order valence-corrected chi connectivity index (χ1v) is 7.06. The molecule has 6 nitrogen and oxygen atoms in total. The van der Waals surface area contributed by atoms with Crippen molar-refractivity contribution in [2.24, 2.45) is 10.7 Å². The molecule has 9 heteroatoms. The number of nitrogens with zero attached hydrogens (tertiary/aromatic N) is 1. The number of nitrogens with one attached hydrogen (secondary N) is 1. The van der Waals surface area contributed by atoms with Crippen molar-refractivity contribution in [3.05, 3.63) is 32.9 Å². The van der Waals surface area contributed by atoms with E-state index in [4.69, 9.17) is 33.7 Å². The van der Waals surface area contributed by atoms with Crippen molar-refractivity contribution in [3.63, 3.8) is 0 Å². The molecule has 3 N–H and O–H groups in total. The molecule has 1 aliphatic carbocycles. The lowest BCUT2D eigenvalue weighted by Gasteiger charge is -2.25.